The van der Waals surface area contributed by atoms with Gasteiger partial charge < -0.3 is 14.7 Å². The van der Waals surface area contributed by atoms with Gasteiger partial charge in [0.05, 0.1) is 17.9 Å². The zero-order chi connectivity index (χ0) is 20.4. The molecule has 1 N–H and O–H groups in total. The minimum atomic E-state index is -0.304. The van der Waals surface area contributed by atoms with E-state index in [1.807, 2.05) is 29.3 Å². The second-order valence-electron chi connectivity index (χ2n) is 7.21. The Labute approximate surface area is 174 Å². The highest BCUT2D eigenvalue weighted by atomic mass is 32.1. The monoisotopic (exact) mass is 412 g/mol. The van der Waals surface area contributed by atoms with E-state index in [1.54, 1.807) is 24.3 Å². The van der Waals surface area contributed by atoms with Crippen molar-refractivity contribution in [2.45, 2.75) is 19.8 Å². The maximum Gasteiger partial charge on any atom is 0.282 e. The minimum Gasteiger partial charge on any atom is -0.494 e. The van der Waals surface area contributed by atoms with Gasteiger partial charge >= 0.3 is 0 Å². The number of aliphatic hydroxyl groups excluding tert-OH is 1. The van der Waals surface area contributed by atoms with Gasteiger partial charge in [-0.1, -0.05) is 6.07 Å². The van der Waals surface area contributed by atoms with E-state index in [9.17, 15) is 14.7 Å². The van der Waals surface area contributed by atoms with Crippen LogP contribution in [0.5, 0.6) is 5.75 Å². The first kappa shape index (κ1) is 19.7. The molecule has 1 fully saturated rings. The van der Waals surface area contributed by atoms with Crippen LogP contribution in [0.4, 0.5) is 5.69 Å². The number of aliphatic hydroxyl groups is 1. The summed E-state index contributed by atoms with van der Waals surface area (Å²) in [5.74, 6) is 0.205. The maximum atomic E-state index is 13.4. The van der Waals surface area contributed by atoms with Crippen molar-refractivity contribution >= 4 is 34.4 Å². The van der Waals surface area contributed by atoms with E-state index >= 15 is 0 Å². The van der Waals surface area contributed by atoms with E-state index in [2.05, 4.69) is 0 Å². The van der Waals surface area contributed by atoms with Crippen LogP contribution in [0.2, 0.25) is 0 Å². The molecule has 29 heavy (non-hydrogen) atoms. The van der Waals surface area contributed by atoms with Crippen LogP contribution < -0.4 is 9.64 Å². The molecule has 0 aliphatic carbocycles. The van der Waals surface area contributed by atoms with Gasteiger partial charge in [0.2, 0.25) is 0 Å². The predicted octanol–water partition coefficient (Wildman–Crippen LogP) is 3.14. The Morgan fingerprint density at radius 1 is 1.17 bits per heavy atom. The summed E-state index contributed by atoms with van der Waals surface area (Å²) in [6, 6.07) is 10.8. The van der Waals surface area contributed by atoms with Crippen molar-refractivity contribution < 1.29 is 19.4 Å². The molecule has 2 aromatic rings. The molecule has 4 rings (SSSR count). The van der Waals surface area contributed by atoms with Gasteiger partial charge in [0.25, 0.3) is 11.8 Å². The van der Waals surface area contributed by atoms with Crippen molar-refractivity contribution in [3.63, 3.8) is 0 Å². The molecule has 1 saturated heterocycles. The van der Waals surface area contributed by atoms with Crippen LogP contribution in [0.25, 0.3) is 5.57 Å². The molecule has 2 aliphatic rings. The first-order valence-corrected chi connectivity index (χ1v) is 10.8. The quantitative estimate of drug-likeness (QED) is 0.738. The molecule has 0 spiro atoms. The number of benzene rings is 1. The predicted molar refractivity (Wildman–Crippen MR) is 113 cm³/mol. The van der Waals surface area contributed by atoms with Crippen molar-refractivity contribution in [3.8, 4) is 5.75 Å². The third-order valence-corrected chi connectivity index (χ3v) is 6.21. The van der Waals surface area contributed by atoms with Gasteiger partial charge in [0.15, 0.2) is 0 Å². The summed E-state index contributed by atoms with van der Waals surface area (Å²) < 4.78 is 5.47. The number of anilines is 1. The molecule has 1 aromatic carbocycles. The van der Waals surface area contributed by atoms with Crippen molar-refractivity contribution in [3.05, 3.63) is 52.4 Å². The number of piperidine rings is 1. The summed E-state index contributed by atoms with van der Waals surface area (Å²) in [5, 5.41) is 11.5. The number of hydrogen-bond acceptors (Lipinski definition) is 6. The van der Waals surface area contributed by atoms with Gasteiger partial charge in [-0.15, -0.1) is 11.3 Å². The SMILES string of the molecule is CCOc1ccc(N2C(=O)C(c3cccs3)=C(N3CCCC(CO)C3)C2=O)cc1. The van der Waals surface area contributed by atoms with Gasteiger partial charge in [0, 0.05) is 24.6 Å². The molecular formula is C22H24N2O4S. The van der Waals surface area contributed by atoms with Crippen molar-refractivity contribution in [2.75, 3.05) is 31.2 Å². The molecule has 6 nitrogen and oxygen atoms in total. The normalized spacial score (nSPS) is 20.0. The van der Waals surface area contributed by atoms with E-state index in [-0.39, 0.29) is 24.3 Å². The van der Waals surface area contributed by atoms with Crippen molar-refractivity contribution in [2.24, 2.45) is 5.92 Å². The number of hydrogen-bond donors (Lipinski definition) is 1. The molecule has 1 atom stereocenters. The molecule has 1 unspecified atom stereocenters. The van der Waals surface area contributed by atoms with Gasteiger partial charge in [-0.25, -0.2) is 4.90 Å². The topological polar surface area (TPSA) is 70.1 Å². The lowest BCUT2D eigenvalue weighted by atomic mass is 9.98. The lowest BCUT2D eigenvalue weighted by Gasteiger charge is -2.34. The number of carbonyl (C=O) groups is 2. The summed E-state index contributed by atoms with van der Waals surface area (Å²) in [5.41, 5.74) is 1.44. The van der Waals surface area contributed by atoms with Gasteiger partial charge in [-0.05, 0) is 61.4 Å². The number of rotatable bonds is 6. The summed E-state index contributed by atoms with van der Waals surface area (Å²) in [4.78, 5) is 30.8. The number of nitrogens with zero attached hydrogens (tertiary/aromatic N) is 2. The van der Waals surface area contributed by atoms with Crippen molar-refractivity contribution in [1.29, 1.82) is 0 Å². The van der Waals surface area contributed by atoms with E-state index in [0.717, 1.165) is 17.7 Å². The molecule has 1 aromatic heterocycles. The zero-order valence-electron chi connectivity index (χ0n) is 16.3. The fourth-order valence-corrected chi connectivity index (χ4v) is 4.73. The van der Waals surface area contributed by atoms with Crippen LogP contribution in [-0.4, -0.2) is 48.1 Å². The van der Waals surface area contributed by atoms with Crippen LogP contribution in [0.1, 0.15) is 24.6 Å². The number of ether oxygens (including phenoxy) is 1. The average Bonchev–Trinajstić information content (AvgIpc) is 3.35. The van der Waals surface area contributed by atoms with Crippen LogP contribution in [0.15, 0.2) is 47.5 Å². The number of carbonyl (C=O) groups excluding carboxylic acids is 2. The lowest BCUT2D eigenvalue weighted by molar-refractivity contribution is -0.120. The first-order chi connectivity index (χ1) is 14.1. The number of amides is 2. The van der Waals surface area contributed by atoms with Crippen molar-refractivity contribution in [1.82, 2.24) is 4.90 Å². The zero-order valence-corrected chi connectivity index (χ0v) is 17.2. The summed E-state index contributed by atoms with van der Waals surface area (Å²) >= 11 is 1.45. The molecular weight excluding hydrogens is 388 g/mol. The maximum absolute atomic E-state index is 13.4. The highest BCUT2D eigenvalue weighted by molar-refractivity contribution is 7.11. The van der Waals surface area contributed by atoms with E-state index in [0.29, 0.717) is 42.4 Å². The number of thiophene rings is 1. The lowest BCUT2D eigenvalue weighted by Crippen LogP contribution is -2.40. The molecule has 2 amide bonds. The second kappa shape index (κ2) is 8.39. The van der Waals surface area contributed by atoms with Crippen LogP contribution in [0, 0.1) is 5.92 Å². The number of likely N-dealkylation sites (tertiary alicyclic amines) is 1. The highest BCUT2D eigenvalue weighted by Gasteiger charge is 2.43. The third-order valence-electron chi connectivity index (χ3n) is 5.33. The Balaban J connectivity index is 1.72. The molecule has 0 bridgehead atoms. The third kappa shape index (κ3) is 3.68. The van der Waals surface area contributed by atoms with E-state index in [4.69, 9.17) is 4.74 Å². The fourth-order valence-electron chi connectivity index (χ4n) is 3.96. The summed E-state index contributed by atoms with van der Waals surface area (Å²) in [7, 11) is 0. The minimum absolute atomic E-state index is 0.0862. The Bertz CT molecular complexity index is 921. The number of imide groups is 1. The van der Waals surface area contributed by atoms with Crippen LogP contribution in [-0.2, 0) is 9.59 Å². The van der Waals surface area contributed by atoms with Crippen LogP contribution in [0.3, 0.4) is 0 Å². The Morgan fingerprint density at radius 3 is 2.62 bits per heavy atom. The molecule has 3 heterocycles. The van der Waals surface area contributed by atoms with E-state index < -0.39 is 0 Å². The summed E-state index contributed by atoms with van der Waals surface area (Å²) in [6.07, 6.45) is 1.82. The Hall–Kier alpha value is -2.64. The Morgan fingerprint density at radius 2 is 1.97 bits per heavy atom. The van der Waals surface area contributed by atoms with Gasteiger partial charge in [-0.3, -0.25) is 9.59 Å². The standard InChI is InChI=1S/C22H24N2O4S/c1-2-28-17-9-7-16(8-10-17)24-21(26)19(18-6-4-12-29-18)20(22(24)27)23-11-3-5-15(13-23)14-25/h4,6-10,12,15,25H,2-3,5,11,13-14H2,1H3. The summed E-state index contributed by atoms with van der Waals surface area (Å²) in [6.45, 7) is 3.83. The Kier molecular flexibility index (Phi) is 5.69. The van der Waals surface area contributed by atoms with Crippen LogP contribution >= 0.6 is 11.3 Å². The molecule has 7 heteroatoms. The highest BCUT2D eigenvalue weighted by Crippen LogP contribution is 2.38. The average molecular weight is 413 g/mol. The second-order valence-corrected chi connectivity index (χ2v) is 8.16. The molecule has 2 aliphatic heterocycles. The van der Waals surface area contributed by atoms with Gasteiger partial charge in [-0.2, -0.15) is 0 Å². The smallest absolute Gasteiger partial charge is 0.282 e. The molecule has 152 valence electrons. The molecule has 0 saturated carbocycles. The van der Waals surface area contributed by atoms with Gasteiger partial charge in [0.1, 0.15) is 11.4 Å². The van der Waals surface area contributed by atoms with E-state index in [1.165, 1.54) is 16.2 Å². The largest absolute Gasteiger partial charge is 0.494 e. The fraction of sp³-hybridized carbons (Fsp3) is 0.364. The molecule has 0 radical (unpaired) electrons. The first-order valence-electron chi connectivity index (χ1n) is 9.89.